The van der Waals surface area contributed by atoms with Crippen molar-refractivity contribution in [2.45, 2.75) is 12.5 Å². The highest BCUT2D eigenvalue weighted by Gasteiger charge is 2.19. The summed E-state index contributed by atoms with van der Waals surface area (Å²) in [4.78, 5) is 15.8. The number of benzene rings is 1. The molecule has 0 saturated carbocycles. The molecule has 0 radical (unpaired) electrons. The van der Waals surface area contributed by atoms with Crippen molar-refractivity contribution in [3.05, 3.63) is 54.0 Å². The van der Waals surface area contributed by atoms with Crippen LogP contribution >= 0.6 is 0 Å². The van der Waals surface area contributed by atoms with Crippen LogP contribution in [0.3, 0.4) is 0 Å². The first-order valence-electron chi connectivity index (χ1n) is 6.27. The predicted octanol–water partition coefficient (Wildman–Crippen LogP) is 1.43. The summed E-state index contributed by atoms with van der Waals surface area (Å²) < 4.78 is 18.1. The Morgan fingerprint density at radius 1 is 1.40 bits per heavy atom. The molecule has 106 valence electrons. The van der Waals surface area contributed by atoms with E-state index in [4.69, 9.17) is 4.42 Å². The molecule has 1 atom stereocenters. The molecule has 6 heteroatoms. The summed E-state index contributed by atoms with van der Waals surface area (Å²) in [5.41, 5.74) is 0.888. The number of hydrogen-bond donors (Lipinski definition) is 2. The van der Waals surface area contributed by atoms with E-state index in [1.165, 1.54) is 24.6 Å². The fourth-order valence-electron chi connectivity index (χ4n) is 1.87. The molecule has 0 unspecified atom stereocenters. The molecule has 1 heterocycles. The Morgan fingerprint density at radius 2 is 2.15 bits per heavy atom. The van der Waals surface area contributed by atoms with Crippen molar-refractivity contribution in [2.24, 2.45) is 0 Å². The fourth-order valence-corrected chi connectivity index (χ4v) is 1.87. The SMILES string of the molecule is CNCC(=O)N[C@@H](Cc1ccc(F)cc1)c1ncco1. The molecule has 5 nitrogen and oxygen atoms in total. The first kappa shape index (κ1) is 14.2. The van der Waals surface area contributed by atoms with Crippen LogP contribution < -0.4 is 10.6 Å². The van der Waals surface area contributed by atoms with Crippen LogP contribution in [0.5, 0.6) is 0 Å². The van der Waals surface area contributed by atoms with Crippen molar-refractivity contribution in [3.63, 3.8) is 0 Å². The zero-order valence-electron chi connectivity index (χ0n) is 11.1. The number of carbonyl (C=O) groups excluding carboxylic acids is 1. The molecule has 1 aromatic carbocycles. The molecule has 0 saturated heterocycles. The summed E-state index contributed by atoms with van der Waals surface area (Å²) in [5, 5.41) is 5.61. The van der Waals surface area contributed by atoms with Gasteiger partial charge in [0.05, 0.1) is 12.7 Å². The van der Waals surface area contributed by atoms with Crippen molar-refractivity contribution >= 4 is 5.91 Å². The van der Waals surface area contributed by atoms with E-state index in [-0.39, 0.29) is 24.3 Å². The van der Waals surface area contributed by atoms with Gasteiger partial charge in [-0.3, -0.25) is 4.79 Å². The van der Waals surface area contributed by atoms with Gasteiger partial charge in [-0.1, -0.05) is 12.1 Å². The summed E-state index contributed by atoms with van der Waals surface area (Å²) >= 11 is 0. The van der Waals surface area contributed by atoms with E-state index >= 15 is 0 Å². The molecule has 0 aliphatic carbocycles. The second kappa shape index (κ2) is 6.81. The molecule has 0 bridgehead atoms. The highest BCUT2D eigenvalue weighted by Crippen LogP contribution is 2.17. The quantitative estimate of drug-likeness (QED) is 0.838. The highest BCUT2D eigenvalue weighted by molar-refractivity contribution is 5.78. The van der Waals surface area contributed by atoms with Crippen LogP contribution in [0.2, 0.25) is 0 Å². The van der Waals surface area contributed by atoms with Gasteiger partial charge in [0.1, 0.15) is 18.1 Å². The number of oxazole rings is 1. The van der Waals surface area contributed by atoms with Crippen LogP contribution in [0.25, 0.3) is 0 Å². The molecule has 1 aromatic heterocycles. The Kier molecular flexibility index (Phi) is 4.84. The van der Waals surface area contributed by atoms with Crippen LogP contribution in [-0.2, 0) is 11.2 Å². The molecule has 0 spiro atoms. The number of amides is 1. The molecule has 1 amide bonds. The van der Waals surface area contributed by atoms with E-state index in [0.717, 1.165) is 5.56 Å². The Balaban J connectivity index is 2.10. The van der Waals surface area contributed by atoms with Crippen LogP contribution in [0.4, 0.5) is 4.39 Å². The summed E-state index contributed by atoms with van der Waals surface area (Å²) in [6, 6.07) is 5.75. The number of aromatic nitrogens is 1. The standard InChI is InChI=1S/C14H16FN3O2/c1-16-9-13(19)18-12(14-17-6-7-20-14)8-10-2-4-11(15)5-3-10/h2-7,12,16H,8-9H2,1H3,(H,18,19)/t12-/m0/s1. The number of nitrogens with zero attached hydrogens (tertiary/aromatic N) is 1. The van der Waals surface area contributed by atoms with Gasteiger partial charge in [0.25, 0.3) is 0 Å². The summed E-state index contributed by atoms with van der Waals surface area (Å²) in [6.45, 7) is 0.209. The van der Waals surface area contributed by atoms with Crippen molar-refractivity contribution < 1.29 is 13.6 Å². The van der Waals surface area contributed by atoms with Gasteiger partial charge in [-0.25, -0.2) is 9.37 Å². The Labute approximate surface area is 116 Å². The van der Waals surface area contributed by atoms with Crippen molar-refractivity contribution in [3.8, 4) is 0 Å². The smallest absolute Gasteiger partial charge is 0.234 e. The van der Waals surface area contributed by atoms with Gasteiger partial charge in [0.15, 0.2) is 0 Å². The second-order valence-corrected chi connectivity index (χ2v) is 4.35. The molecule has 2 aromatic rings. The zero-order chi connectivity index (χ0) is 14.4. The van der Waals surface area contributed by atoms with Gasteiger partial charge in [0.2, 0.25) is 11.8 Å². The lowest BCUT2D eigenvalue weighted by Crippen LogP contribution is -2.36. The molecule has 2 rings (SSSR count). The van der Waals surface area contributed by atoms with E-state index in [1.54, 1.807) is 19.2 Å². The highest BCUT2D eigenvalue weighted by atomic mass is 19.1. The van der Waals surface area contributed by atoms with Crippen LogP contribution in [-0.4, -0.2) is 24.5 Å². The maximum Gasteiger partial charge on any atom is 0.234 e. The van der Waals surface area contributed by atoms with E-state index in [1.807, 2.05) is 0 Å². The van der Waals surface area contributed by atoms with Gasteiger partial charge in [0, 0.05) is 6.42 Å². The molecular formula is C14H16FN3O2. The van der Waals surface area contributed by atoms with Gasteiger partial charge in [-0.2, -0.15) is 0 Å². The maximum absolute atomic E-state index is 12.9. The third-order valence-corrected chi connectivity index (χ3v) is 2.78. The Hall–Kier alpha value is -2.21. The average Bonchev–Trinajstić information content (AvgIpc) is 2.95. The second-order valence-electron chi connectivity index (χ2n) is 4.35. The third-order valence-electron chi connectivity index (χ3n) is 2.78. The van der Waals surface area contributed by atoms with Gasteiger partial charge in [-0.15, -0.1) is 0 Å². The first-order chi connectivity index (χ1) is 9.69. The van der Waals surface area contributed by atoms with Crippen molar-refractivity contribution in [1.29, 1.82) is 0 Å². The number of rotatable bonds is 6. The first-order valence-corrected chi connectivity index (χ1v) is 6.27. The largest absolute Gasteiger partial charge is 0.447 e. The third kappa shape index (κ3) is 3.89. The Morgan fingerprint density at radius 3 is 2.75 bits per heavy atom. The maximum atomic E-state index is 12.9. The number of likely N-dealkylation sites (N-methyl/N-ethyl adjacent to an activating group) is 1. The summed E-state index contributed by atoms with van der Waals surface area (Å²) in [5.74, 6) is -0.0165. The molecule has 2 N–H and O–H groups in total. The average molecular weight is 277 g/mol. The van der Waals surface area contributed by atoms with Crippen LogP contribution in [0.15, 0.2) is 41.1 Å². The molecule has 0 fully saturated rings. The lowest BCUT2D eigenvalue weighted by Gasteiger charge is -2.15. The molecule has 0 aliphatic rings. The van der Waals surface area contributed by atoms with Crippen molar-refractivity contribution in [1.82, 2.24) is 15.6 Å². The predicted molar refractivity (Wildman–Crippen MR) is 71.4 cm³/mol. The van der Waals surface area contributed by atoms with Gasteiger partial charge >= 0.3 is 0 Å². The number of hydrogen-bond acceptors (Lipinski definition) is 4. The zero-order valence-corrected chi connectivity index (χ0v) is 11.1. The van der Waals surface area contributed by atoms with E-state index < -0.39 is 0 Å². The van der Waals surface area contributed by atoms with Crippen LogP contribution in [0, 0.1) is 5.82 Å². The minimum Gasteiger partial charge on any atom is -0.447 e. The van der Waals surface area contributed by atoms with Gasteiger partial charge in [-0.05, 0) is 24.7 Å². The lowest BCUT2D eigenvalue weighted by molar-refractivity contribution is -0.121. The minimum atomic E-state index is -0.378. The number of halogens is 1. The molecular weight excluding hydrogens is 261 g/mol. The lowest BCUT2D eigenvalue weighted by atomic mass is 10.1. The minimum absolute atomic E-state index is 0.155. The van der Waals surface area contributed by atoms with Gasteiger partial charge < -0.3 is 15.1 Å². The van der Waals surface area contributed by atoms with Crippen molar-refractivity contribution in [2.75, 3.05) is 13.6 Å². The number of carbonyl (C=O) groups is 1. The Bertz CT molecular complexity index is 540. The number of nitrogens with one attached hydrogen (secondary N) is 2. The fraction of sp³-hybridized carbons (Fsp3) is 0.286. The summed E-state index contributed by atoms with van der Waals surface area (Å²) in [6.07, 6.45) is 3.46. The molecule has 20 heavy (non-hydrogen) atoms. The topological polar surface area (TPSA) is 67.2 Å². The molecule has 0 aliphatic heterocycles. The van der Waals surface area contributed by atoms with E-state index in [2.05, 4.69) is 15.6 Å². The summed E-state index contributed by atoms with van der Waals surface area (Å²) in [7, 11) is 1.69. The van der Waals surface area contributed by atoms with E-state index in [9.17, 15) is 9.18 Å². The van der Waals surface area contributed by atoms with Crippen LogP contribution in [0.1, 0.15) is 17.5 Å². The normalized spacial score (nSPS) is 12.1. The van der Waals surface area contributed by atoms with E-state index in [0.29, 0.717) is 12.3 Å². The monoisotopic (exact) mass is 277 g/mol.